The van der Waals surface area contributed by atoms with Crippen LogP contribution >= 0.6 is 15.2 Å². The fraction of sp³-hybridized carbons (Fsp3) is 0.571. The number of rotatable bonds is 10. The number of ether oxygens (including phenoxy) is 1. The molecule has 2 aliphatic heterocycles. The van der Waals surface area contributed by atoms with Gasteiger partial charge in [-0.3, -0.25) is 23.6 Å². The van der Waals surface area contributed by atoms with E-state index in [1.54, 1.807) is 11.0 Å². The lowest BCUT2D eigenvalue weighted by molar-refractivity contribution is -0.131. The van der Waals surface area contributed by atoms with Gasteiger partial charge in [-0.2, -0.15) is 0 Å². The van der Waals surface area contributed by atoms with E-state index in [1.807, 2.05) is 0 Å². The minimum Gasteiger partial charge on any atom is -0.442 e. The first-order valence-electron chi connectivity index (χ1n) is 11.8. The van der Waals surface area contributed by atoms with Crippen molar-refractivity contribution in [1.29, 1.82) is 0 Å². The number of carbonyl (C=O) groups is 3. The van der Waals surface area contributed by atoms with Gasteiger partial charge in [-0.1, -0.05) is 0 Å². The van der Waals surface area contributed by atoms with E-state index in [1.165, 1.54) is 28.9 Å². The lowest BCUT2D eigenvalue weighted by atomic mass is 10.2. The minimum atomic E-state index is -5.03. The largest absolute Gasteiger partial charge is 0.442 e. The smallest absolute Gasteiger partial charge is 0.414 e. The van der Waals surface area contributed by atoms with Gasteiger partial charge in [0.25, 0.3) is 0 Å². The van der Waals surface area contributed by atoms with Gasteiger partial charge < -0.3 is 39.4 Å². The standard InChI is InChI=1S/C21H31FN4O10P2/c1-14(27)23-12-16-13-26(21(29)36-16)15-5-6-18(17(22)11-15)24-7-9-25(10-8-24)19(28)3-2-4-20(37(30,31)32)38(33,34)35/h5-6,11,16,20H,2-4,7-10,12-13H2,1H3,(H,23,27)(H2,30,31,32)(H2,33,34,35). The van der Waals surface area contributed by atoms with E-state index in [-0.39, 0.29) is 56.5 Å². The average Bonchev–Trinajstić information content (AvgIpc) is 3.19. The summed E-state index contributed by atoms with van der Waals surface area (Å²) in [5.41, 5.74) is 0.591. The number of anilines is 2. The van der Waals surface area contributed by atoms with Gasteiger partial charge in [-0.05, 0) is 31.0 Å². The van der Waals surface area contributed by atoms with Crippen molar-refractivity contribution in [3.63, 3.8) is 0 Å². The van der Waals surface area contributed by atoms with Crippen LogP contribution in [-0.4, -0.2) is 93.2 Å². The van der Waals surface area contributed by atoms with Crippen molar-refractivity contribution in [3.8, 4) is 0 Å². The zero-order valence-electron chi connectivity index (χ0n) is 20.6. The molecule has 3 amide bonds. The van der Waals surface area contributed by atoms with Crippen molar-refractivity contribution in [1.82, 2.24) is 10.2 Å². The molecule has 0 bridgehead atoms. The molecule has 14 nitrogen and oxygen atoms in total. The van der Waals surface area contributed by atoms with E-state index in [0.717, 1.165) is 0 Å². The van der Waals surface area contributed by atoms with E-state index < -0.39 is 45.0 Å². The first-order chi connectivity index (χ1) is 17.7. The third-order valence-electron chi connectivity index (χ3n) is 6.30. The fourth-order valence-electron chi connectivity index (χ4n) is 4.34. The second-order valence-electron chi connectivity index (χ2n) is 9.11. The van der Waals surface area contributed by atoms with Gasteiger partial charge in [-0.25, -0.2) is 9.18 Å². The van der Waals surface area contributed by atoms with E-state index >= 15 is 0 Å². The molecule has 0 aliphatic carbocycles. The predicted molar refractivity (Wildman–Crippen MR) is 133 cm³/mol. The lowest BCUT2D eigenvalue weighted by Gasteiger charge is -2.36. The maximum absolute atomic E-state index is 15.0. The Morgan fingerprint density at radius 3 is 2.32 bits per heavy atom. The Balaban J connectivity index is 1.51. The van der Waals surface area contributed by atoms with Crippen LogP contribution < -0.4 is 15.1 Å². The molecule has 2 saturated heterocycles. The molecule has 1 aromatic rings. The van der Waals surface area contributed by atoms with Crippen LogP contribution in [0.1, 0.15) is 26.2 Å². The number of carbonyl (C=O) groups excluding carboxylic acids is 3. The van der Waals surface area contributed by atoms with E-state index in [2.05, 4.69) is 5.32 Å². The van der Waals surface area contributed by atoms with Gasteiger partial charge >= 0.3 is 21.3 Å². The first kappa shape index (κ1) is 30.0. The molecule has 0 aromatic heterocycles. The van der Waals surface area contributed by atoms with Crippen LogP contribution in [-0.2, 0) is 23.5 Å². The Kier molecular flexibility index (Phi) is 9.56. The molecule has 1 aromatic carbocycles. The monoisotopic (exact) mass is 580 g/mol. The Morgan fingerprint density at radius 2 is 1.76 bits per heavy atom. The summed E-state index contributed by atoms with van der Waals surface area (Å²) in [6.45, 7) is 2.77. The molecule has 2 heterocycles. The predicted octanol–water partition coefficient (Wildman–Crippen LogP) is 0.787. The van der Waals surface area contributed by atoms with Gasteiger partial charge in [0.15, 0.2) is 5.40 Å². The van der Waals surface area contributed by atoms with Crippen molar-refractivity contribution in [2.75, 3.05) is 49.1 Å². The number of amides is 3. The maximum Gasteiger partial charge on any atom is 0.414 e. The first-order valence-corrected chi connectivity index (χ1v) is 15.2. The topological polar surface area (TPSA) is 197 Å². The van der Waals surface area contributed by atoms with Crippen LogP contribution in [0.25, 0.3) is 0 Å². The Morgan fingerprint density at radius 1 is 1.13 bits per heavy atom. The molecule has 0 spiro atoms. The highest BCUT2D eigenvalue weighted by Gasteiger charge is 2.42. The molecular formula is C21H31FN4O10P2. The summed E-state index contributed by atoms with van der Waals surface area (Å²) in [5.74, 6) is -1.16. The van der Waals surface area contributed by atoms with Crippen molar-refractivity contribution >= 4 is 44.5 Å². The molecule has 1 unspecified atom stereocenters. The normalized spacial score (nSPS) is 18.7. The maximum atomic E-state index is 15.0. The van der Waals surface area contributed by atoms with Crippen LogP contribution in [0.4, 0.5) is 20.6 Å². The summed E-state index contributed by atoms with van der Waals surface area (Å²) >= 11 is 0. The molecule has 38 heavy (non-hydrogen) atoms. The Labute approximate surface area is 218 Å². The number of nitrogens with one attached hydrogen (secondary N) is 1. The van der Waals surface area contributed by atoms with Gasteiger partial charge in [0.1, 0.15) is 11.9 Å². The number of piperazine rings is 1. The SMILES string of the molecule is CC(=O)NCC1CN(c2ccc(N3CCN(C(=O)CCCC(P(=O)(O)O)P(=O)(O)O)CC3)c(F)c2)C(=O)O1. The van der Waals surface area contributed by atoms with Gasteiger partial charge in [0.05, 0.1) is 24.5 Å². The summed E-state index contributed by atoms with van der Waals surface area (Å²) in [5, 5.41) is 0.426. The van der Waals surface area contributed by atoms with Crippen molar-refractivity contribution in [2.45, 2.75) is 37.7 Å². The highest BCUT2D eigenvalue weighted by atomic mass is 31.2. The highest BCUT2D eigenvalue weighted by Crippen LogP contribution is 2.61. The van der Waals surface area contributed by atoms with Crippen LogP contribution in [0, 0.1) is 5.82 Å². The number of halogens is 1. The molecule has 1 atom stereocenters. The number of benzene rings is 1. The van der Waals surface area contributed by atoms with Crippen molar-refractivity contribution in [2.24, 2.45) is 0 Å². The van der Waals surface area contributed by atoms with Crippen LogP contribution in [0.5, 0.6) is 0 Å². The summed E-state index contributed by atoms with van der Waals surface area (Å²) in [6.07, 6.45) is -1.96. The van der Waals surface area contributed by atoms with Crippen LogP contribution in [0.3, 0.4) is 0 Å². The summed E-state index contributed by atoms with van der Waals surface area (Å²) in [7, 11) is -10.1. The summed E-state index contributed by atoms with van der Waals surface area (Å²) in [4.78, 5) is 77.0. The number of hydrogen-bond acceptors (Lipinski definition) is 7. The molecule has 212 valence electrons. The van der Waals surface area contributed by atoms with Gasteiger partial charge in [-0.15, -0.1) is 0 Å². The number of nitrogens with zero attached hydrogens (tertiary/aromatic N) is 3. The summed E-state index contributed by atoms with van der Waals surface area (Å²) < 4.78 is 42.9. The molecule has 0 saturated carbocycles. The van der Waals surface area contributed by atoms with Crippen molar-refractivity contribution < 1.29 is 52.2 Å². The Bertz CT molecular complexity index is 1130. The molecular weight excluding hydrogens is 549 g/mol. The Hall–Kier alpha value is -2.54. The number of cyclic esters (lactones) is 1. The lowest BCUT2D eigenvalue weighted by Crippen LogP contribution is -2.49. The van der Waals surface area contributed by atoms with E-state index in [4.69, 9.17) is 4.74 Å². The molecule has 2 fully saturated rings. The van der Waals surface area contributed by atoms with Gasteiger partial charge in [0, 0.05) is 39.5 Å². The minimum absolute atomic E-state index is 0.110. The molecule has 3 rings (SSSR count). The fourth-order valence-corrected chi connectivity index (χ4v) is 6.94. The van der Waals surface area contributed by atoms with Crippen LogP contribution in [0.15, 0.2) is 18.2 Å². The second-order valence-corrected chi connectivity index (χ2v) is 13.1. The zero-order chi connectivity index (χ0) is 28.3. The van der Waals surface area contributed by atoms with Crippen LogP contribution in [0.2, 0.25) is 0 Å². The molecule has 0 radical (unpaired) electrons. The molecule has 5 N–H and O–H groups in total. The molecule has 17 heteroatoms. The van der Waals surface area contributed by atoms with Crippen molar-refractivity contribution in [3.05, 3.63) is 24.0 Å². The average molecular weight is 580 g/mol. The van der Waals surface area contributed by atoms with E-state index in [0.29, 0.717) is 18.8 Å². The second kappa shape index (κ2) is 12.1. The zero-order valence-corrected chi connectivity index (χ0v) is 22.4. The highest BCUT2D eigenvalue weighted by molar-refractivity contribution is 7.70. The number of hydrogen-bond donors (Lipinski definition) is 5. The third-order valence-corrected chi connectivity index (χ3v) is 10.2. The van der Waals surface area contributed by atoms with Gasteiger partial charge in [0.2, 0.25) is 11.8 Å². The quantitative estimate of drug-likeness (QED) is 0.245. The summed E-state index contributed by atoms with van der Waals surface area (Å²) in [6, 6.07) is 4.32. The van der Waals surface area contributed by atoms with E-state index in [9.17, 15) is 47.5 Å². The molecule has 2 aliphatic rings. The third kappa shape index (κ3) is 7.75.